The summed E-state index contributed by atoms with van der Waals surface area (Å²) in [6.45, 7) is 6.82. The maximum atomic E-state index is 11.1. The Balaban J connectivity index is 0.000000251. The van der Waals surface area contributed by atoms with Crippen LogP contribution in [0.1, 0.15) is 78.6 Å². The normalized spacial score (nSPS) is 23.6. The van der Waals surface area contributed by atoms with Gasteiger partial charge in [0.2, 0.25) is 0 Å². The molecule has 0 unspecified atom stereocenters. The third-order valence-corrected chi connectivity index (χ3v) is 4.82. The number of alkyl carbamates (subject to hydrolysis) is 2. The molecule has 2 aliphatic rings. The third-order valence-electron chi connectivity index (χ3n) is 4.82. The van der Waals surface area contributed by atoms with Crippen molar-refractivity contribution >= 4 is 12.2 Å². The lowest BCUT2D eigenvalue weighted by Crippen LogP contribution is -2.37. The number of hydrogen-bond acceptors (Lipinski definition) is 4. The molecule has 146 valence electrons. The maximum Gasteiger partial charge on any atom is 0.407 e. The molecule has 0 aromatic rings. The fourth-order valence-corrected chi connectivity index (χ4v) is 3.33. The summed E-state index contributed by atoms with van der Waals surface area (Å²) >= 11 is 0. The van der Waals surface area contributed by atoms with Gasteiger partial charge < -0.3 is 20.1 Å². The number of carbonyl (C=O) groups is 2. The van der Waals surface area contributed by atoms with Crippen molar-refractivity contribution in [1.29, 1.82) is 0 Å². The summed E-state index contributed by atoms with van der Waals surface area (Å²) in [5.41, 5.74) is 0. The first-order valence-corrected chi connectivity index (χ1v) is 9.91. The monoisotopic (exact) mass is 356 g/mol. The summed E-state index contributed by atoms with van der Waals surface area (Å²) in [7, 11) is 0. The Morgan fingerprint density at radius 2 is 1.20 bits per heavy atom. The molecule has 2 fully saturated rings. The summed E-state index contributed by atoms with van der Waals surface area (Å²) in [6.07, 6.45) is 10.1. The van der Waals surface area contributed by atoms with Gasteiger partial charge in [-0.15, -0.1) is 0 Å². The van der Waals surface area contributed by atoms with Crippen LogP contribution >= 0.6 is 0 Å². The van der Waals surface area contributed by atoms with E-state index in [9.17, 15) is 9.59 Å². The Kier molecular flexibility index (Phi) is 11.1. The van der Waals surface area contributed by atoms with E-state index in [-0.39, 0.29) is 12.2 Å². The standard InChI is InChI=1S/C10H19NO2.C9H17NO2/c1-3-13-10(12)11-9-6-4-8(2)5-7-9;1-2-12-9(11)10-8-6-4-3-5-7-8/h8-9H,3-7H2,1-2H3,(H,11,12);8H,2-7H2,1H3,(H,10,11). The highest BCUT2D eigenvalue weighted by atomic mass is 16.6. The fraction of sp³-hybridized carbons (Fsp3) is 0.895. The van der Waals surface area contributed by atoms with Crippen molar-refractivity contribution in [2.24, 2.45) is 5.92 Å². The topological polar surface area (TPSA) is 76.7 Å². The smallest absolute Gasteiger partial charge is 0.407 e. The molecule has 25 heavy (non-hydrogen) atoms. The van der Waals surface area contributed by atoms with Crippen molar-refractivity contribution in [2.45, 2.75) is 90.6 Å². The predicted molar refractivity (Wildman–Crippen MR) is 98.6 cm³/mol. The Bertz CT molecular complexity index is 376. The van der Waals surface area contributed by atoms with Crippen LogP contribution in [0.4, 0.5) is 9.59 Å². The van der Waals surface area contributed by atoms with E-state index in [1.165, 1.54) is 32.1 Å². The number of rotatable bonds is 4. The number of carbonyl (C=O) groups excluding carboxylic acids is 2. The molecular formula is C19H36N2O4. The van der Waals surface area contributed by atoms with Gasteiger partial charge in [0, 0.05) is 12.1 Å². The second-order valence-electron chi connectivity index (χ2n) is 7.02. The number of nitrogens with one attached hydrogen (secondary N) is 2. The van der Waals surface area contributed by atoms with E-state index in [0.29, 0.717) is 25.3 Å². The molecular weight excluding hydrogens is 320 g/mol. The number of hydrogen-bond donors (Lipinski definition) is 2. The van der Waals surface area contributed by atoms with E-state index in [2.05, 4.69) is 17.6 Å². The zero-order valence-corrected chi connectivity index (χ0v) is 16.1. The van der Waals surface area contributed by atoms with Crippen LogP contribution < -0.4 is 10.6 Å². The SMILES string of the molecule is CCOC(=O)NC1CCC(C)CC1.CCOC(=O)NC1CCCCC1. The Morgan fingerprint density at radius 1 is 0.760 bits per heavy atom. The summed E-state index contributed by atoms with van der Waals surface area (Å²) < 4.78 is 9.62. The largest absolute Gasteiger partial charge is 0.450 e. The van der Waals surface area contributed by atoms with Crippen molar-refractivity contribution in [3.05, 3.63) is 0 Å². The molecule has 6 heteroatoms. The highest BCUT2D eigenvalue weighted by Gasteiger charge is 2.19. The second-order valence-corrected chi connectivity index (χ2v) is 7.02. The van der Waals surface area contributed by atoms with E-state index in [1.54, 1.807) is 0 Å². The van der Waals surface area contributed by atoms with Gasteiger partial charge in [-0.2, -0.15) is 0 Å². The van der Waals surface area contributed by atoms with E-state index < -0.39 is 0 Å². The first kappa shape index (κ1) is 21.6. The van der Waals surface area contributed by atoms with Crippen molar-refractivity contribution in [3.8, 4) is 0 Å². The van der Waals surface area contributed by atoms with Crippen LogP contribution in [0.3, 0.4) is 0 Å². The summed E-state index contributed by atoms with van der Waals surface area (Å²) in [5.74, 6) is 0.820. The Hall–Kier alpha value is -1.46. The van der Waals surface area contributed by atoms with E-state index in [1.807, 2.05) is 13.8 Å². The van der Waals surface area contributed by atoms with Crippen LogP contribution in [0.5, 0.6) is 0 Å². The zero-order valence-electron chi connectivity index (χ0n) is 16.1. The van der Waals surface area contributed by atoms with Crippen LogP contribution in [0, 0.1) is 5.92 Å². The predicted octanol–water partition coefficient (Wildman–Crippen LogP) is 4.38. The molecule has 0 aromatic carbocycles. The van der Waals surface area contributed by atoms with Gasteiger partial charge in [-0.3, -0.25) is 0 Å². The molecule has 6 nitrogen and oxygen atoms in total. The summed E-state index contributed by atoms with van der Waals surface area (Å²) in [6, 6.07) is 0.702. The minimum atomic E-state index is -0.262. The van der Waals surface area contributed by atoms with E-state index >= 15 is 0 Å². The van der Waals surface area contributed by atoms with Gasteiger partial charge in [0.05, 0.1) is 13.2 Å². The van der Waals surface area contributed by atoms with Gasteiger partial charge in [-0.25, -0.2) is 9.59 Å². The highest BCUT2D eigenvalue weighted by Crippen LogP contribution is 2.23. The van der Waals surface area contributed by atoms with E-state index in [0.717, 1.165) is 31.6 Å². The lowest BCUT2D eigenvalue weighted by Gasteiger charge is -2.26. The van der Waals surface area contributed by atoms with Crippen molar-refractivity contribution in [3.63, 3.8) is 0 Å². The molecule has 2 N–H and O–H groups in total. The van der Waals surface area contributed by atoms with E-state index in [4.69, 9.17) is 9.47 Å². The molecule has 0 aromatic heterocycles. The van der Waals surface area contributed by atoms with Gasteiger partial charge in [-0.1, -0.05) is 26.2 Å². The zero-order chi connectivity index (χ0) is 18.5. The van der Waals surface area contributed by atoms with Crippen LogP contribution in [-0.2, 0) is 9.47 Å². The fourth-order valence-electron chi connectivity index (χ4n) is 3.33. The summed E-state index contributed by atoms with van der Waals surface area (Å²) in [5, 5.41) is 5.74. The lowest BCUT2D eigenvalue weighted by molar-refractivity contribution is 0.143. The van der Waals surface area contributed by atoms with Crippen molar-refractivity contribution in [1.82, 2.24) is 10.6 Å². The minimum absolute atomic E-state index is 0.260. The molecule has 0 saturated heterocycles. The second kappa shape index (κ2) is 12.8. The van der Waals surface area contributed by atoms with Crippen LogP contribution in [0.25, 0.3) is 0 Å². The summed E-state index contributed by atoms with van der Waals surface area (Å²) in [4.78, 5) is 22.0. The molecule has 2 saturated carbocycles. The van der Waals surface area contributed by atoms with Crippen molar-refractivity contribution in [2.75, 3.05) is 13.2 Å². The van der Waals surface area contributed by atoms with Gasteiger partial charge >= 0.3 is 12.2 Å². The maximum absolute atomic E-state index is 11.1. The average Bonchev–Trinajstić information content (AvgIpc) is 2.59. The Labute approximate surface area is 152 Å². The molecule has 0 bridgehead atoms. The van der Waals surface area contributed by atoms with Gasteiger partial charge in [0.25, 0.3) is 0 Å². The molecule has 2 amide bonds. The number of amides is 2. The molecule has 0 heterocycles. The van der Waals surface area contributed by atoms with Crippen LogP contribution in [0.2, 0.25) is 0 Å². The molecule has 0 spiro atoms. The van der Waals surface area contributed by atoms with Crippen LogP contribution in [-0.4, -0.2) is 37.5 Å². The molecule has 2 aliphatic carbocycles. The van der Waals surface area contributed by atoms with Gasteiger partial charge in [0.15, 0.2) is 0 Å². The minimum Gasteiger partial charge on any atom is -0.450 e. The average molecular weight is 357 g/mol. The van der Waals surface area contributed by atoms with Crippen molar-refractivity contribution < 1.29 is 19.1 Å². The number of ether oxygens (including phenoxy) is 2. The van der Waals surface area contributed by atoms with Gasteiger partial charge in [0.1, 0.15) is 0 Å². The van der Waals surface area contributed by atoms with Crippen LogP contribution in [0.15, 0.2) is 0 Å². The molecule has 0 aliphatic heterocycles. The third kappa shape index (κ3) is 10.2. The van der Waals surface area contributed by atoms with Gasteiger partial charge in [-0.05, 0) is 58.3 Å². The highest BCUT2D eigenvalue weighted by molar-refractivity contribution is 5.67. The molecule has 0 radical (unpaired) electrons. The molecule has 2 rings (SSSR count). The Morgan fingerprint density at radius 3 is 1.64 bits per heavy atom. The lowest BCUT2D eigenvalue weighted by atomic mass is 9.87. The molecule has 0 atom stereocenters. The first-order chi connectivity index (χ1) is 12.0. The first-order valence-electron chi connectivity index (χ1n) is 9.91. The quantitative estimate of drug-likeness (QED) is 0.784.